The van der Waals surface area contributed by atoms with Gasteiger partial charge in [-0.2, -0.15) is 0 Å². The topological polar surface area (TPSA) is 35.2 Å². The van der Waals surface area contributed by atoms with Crippen molar-refractivity contribution < 1.29 is 4.74 Å². The number of halogens is 2. The molecule has 0 fully saturated rings. The van der Waals surface area contributed by atoms with Crippen molar-refractivity contribution in [3.05, 3.63) is 52.0 Å². The molecular formula is C17H17Cl2NO. The van der Waals surface area contributed by atoms with Crippen molar-refractivity contribution in [2.45, 2.75) is 25.4 Å². The van der Waals surface area contributed by atoms with Crippen LogP contribution in [0.1, 0.15) is 18.4 Å². The standard InChI is InChI=1S/C17H17Cl2NO/c18-12-5-7-16(19)15(10-12)14-3-1-2-11-4-6-13(8-9-20)21-17(11)14/h1-3,5,7,10,13H,4,6,8-9,20H2/t13-/m1/s1. The summed E-state index contributed by atoms with van der Waals surface area (Å²) in [6.07, 6.45) is 3.07. The summed E-state index contributed by atoms with van der Waals surface area (Å²) in [5.74, 6) is 0.923. The van der Waals surface area contributed by atoms with Crippen LogP contribution in [0.25, 0.3) is 11.1 Å². The Bertz CT molecular complexity index is 657. The summed E-state index contributed by atoms with van der Waals surface area (Å²) in [5.41, 5.74) is 8.79. The Hall–Kier alpha value is -1.22. The summed E-state index contributed by atoms with van der Waals surface area (Å²) in [5, 5.41) is 1.35. The van der Waals surface area contributed by atoms with E-state index < -0.39 is 0 Å². The quantitative estimate of drug-likeness (QED) is 0.889. The highest BCUT2D eigenvalue weighted by Gasteiger charge is 2.23. The van der Waals surface area contributed by atoms with Gasteiger partial charge in [-0.25, -0.2) is 0 Å². The van der Waals surface area contributed by atoms with Crippen LogP contribution >= 0.6 is 23.2 Å². The lowest BCUT2D eigenvalue weighted by molar-refractivity contribution is 0.167. The number of fused-ring (bicyclic) bond motifs is 1. The van der Waals surface area contributed by atoms with E-state index >= 15 is 0 Å². The number of hydrogen-bond donors (Lipinski definition) is 1. The molecule has 0 radical (unpaired) electrons. The van der Waals surface area contributed by atoms with Gasteiger partial charge in [0, 0.05) is 21.2 Å². The number of aryl methyl sites for hydroxylation is 1. The minimum atomic E-state index is 0.182. The van der Waals surface area contributed by atoms with Crippen molar-refractivity contribution >= 4 is 23.2 Å². The van der Waals surface area contributed by atoms with E-state index in [2.05, 4.69) is 6.07 Å². The monoisotopic (exact) mass is 321 g/mol. The molecule has 2 N–H and O–H groups in total. The molecule has 3 rings (SSSR count). The highest BCUT2D eigenvalue weighted by molar-refractivity contribution is 6.35. The van der Waals surface area contributed by atoms with E-state index in [-0.39, 0.29) is 6.10 Å². The summed E-state index contributed by atoms with van der Waals surface area (Å²) >= 11 is 12.4. The van der Waals surface area contributed by atoms with E-state index in [1.165, 1.54) is 5.56 Å². The van der Waals surface area contributed by atoms with Crippen molar-refractivity contribution in [1.82, 2.24) is 0 Å². The van der Waals surface area contributed by atoms with Crippen molar-refractivity contribution in [3.8, 4) is 16.9 Å². The molecule has 2 aromatic carbocycles. The summed E-state index contributed by atoms with van der Waals surface area (Å²) in [4.78, 5) is 0. The van der Waals surface area contributed by atoms with E-state index in [1.54, 1.807) is 6.07 Å². The van der Waals surface area contributed by atoms with Crippen LogP contribution in [0, 0.1) is 0 Å². The van der Waals surface area contributed by atoms with Gasteiger partial charge in [-0.3, -0.25) is 0 Å². The maximum absolute atomic E-state index is 6.34. The molecule has 110 valence electrons. The molecule has 0 bridgehead atoms. The minimum absolute atomic E-state index is 0.182. The van der Waals surface area contributed by atoms with Crippen LogP contribution < -0.4 is 10.5 Å². The summed E-state index contributed by atoms with van der Waals surface area (Å²) < 4.78 is 6.17. The summed E-state index contributed by atoms with van der Waals surface area (Å²) in [6, 6.07) is 11.7. The zero-order chi connectivity index (χ0) is 14.8. The van der Waals surface area contributed by atoms with Crippen LogP contribution in [0.4, 0.5) is 0 Å². The Morgan fingerprint density at radius 1 is 1.14 bits per heavy atom. The third-order valence-electron chi connectivity index (χ3n) is 3.82. The molecule has 0 amide bonds. The Morgan fingerprint density at radius 3 is 2.81 bits per heavy atom. The largest absolute Gasteiger partial charge is 0.489 e. The van der Waals surface area contributed by atoms with Crippen LogP contribution in [-0.2, 0) is 6.42 Å². The lowest BCUT2D eigenvalue weighted by atomic mass is 9.95. The predicted octanol–water partition coefficient (Wildman–Crippen LogP) is 4.70. The third-order valence-corrected chi connectivity index (χ3v) is 4.39. The first-order valence-corrected chi connectivity index (χ1v) is 7.88. The van der Waals surface area contributed by atoms with Crippen LogP contribution in [-0.4, -0.2) is 12.6 Å². The van der Waals surface area contributed by atoms with Gasteiger partial charge >= 0.3 is 0 Å². The van der Waals surface area contributed by atoms with E-state index in [0.29, 0.717) is 16.6 Å². The van der Waals surface area contributed by atoms with E-state index in [9.17, 15) is 0 Å². The van der Waals surface area contributed by atoms with Gasteiger partial charge in [0.2, 0.25) is 0 Å². The summed E-state index contributed by atoms with van der Waals surface area (Å²) in [6.45, 7) is 0.639. The van der Waals surface area contributed by atoms with Gasteiger partial charge in [-0.05, 0) is 49.6 Å². The van der Waals surface area contributed by atoms with E-state index in [1.807, 2.05) is 24.3 Å². The maximum Gasteiger partial charge on any atom is 0.130 e. The molecule has 1 atom stereocenters. The number of para-hydroxylation sites is 1. The molecule has 0 saturated carbocycles. The first-order chi connectivity index (χ1) is 10.2. The third kappa shape index (κ3) is 3.03. The molecule has 4 heteroatoms. The van der Waals surface area contributed by atoms with Crippen molar-refractivity contribution in [2.24, 2.45) is 5.73 Å². The molecule has 1 aliphatic rings. The highest BCUT2D eigenvalue weighted by Crippen LogP contribution is 2.41. The van der Waals surface area contributed by atoms with Gasteiger partial charge in [0.1, 0.15) is 11.9 Å². The van der Waals surface area contributed by atoms with E-state index in [0.717, 1.165) is 36.1 Å². The van der Waals surface area contributed by atoms with Gasteiger partial charge in [0.25, 0.3) is 0 Å². The molecule has 1 aliphatic heterocycles. The molecule has 0 unspecified atom stereocenters. The van der Waals surface area contributed by atoms with Crippen LogP contribution in [0.3, 0.4) is 0 Å². The number of nitrogens with two attached hydrogens (primary N) is 1. The average molecular weight is 322 g/mol. The van der Waals surface area contributed by atoms with Crippen LogP contribution in [0.2, 0.25) is 10.0 Å². The van der Waals surface area contributed by atoms with Gasteiger partial charge in [0.15, 0.2) is 0 Å². The van der Waals surface area contributed by atoms with Crippen molar-refractivity contribution in [2.75, 3.05) is 6.54 Å². The second-order valence-electron chi connectivity index (χ2n) is 5.27. The first-order valence-electron chi connectivity index (χ1n) is 7.13. The average Bonchev–Trinajstić information content (AvgIpc) is 2.49. The molecule has 0 aliphatic carbocycles. The number of ether oxygens (including phenoxy) is 1. The molecule has 0 saturated heterocycles. The molecule has 2 aromatic rings. The molecule has 0 aromatic heterocycles. The molecule has 1 heterocycles. The first kappa shape index (κ1) is 14.7. The Labute approximate surface area is 134 Å². The second-order valence-corrected chi connectivity index (χ2v) is 6.12. The number of benzene rings is 2. The molecule has 2 nitrogen and oxygen atoms in total. The Morgan fingerprint density at radius 2 is 2.00 bits per heavy atom. The van der Waals surface area contributed by atoms with Gasteiger partial charge < -0.3 is 10.5 Å². The fraction of sp³-hybridized carbons (Fsp3) is 0.294. The Balaban J connectivity index is 2.06. The second kappa shape index (κ2) is 6.27. The highest BCUT2D eigenvalue weighted by atomic mass is 35.5. The normalized spacial score (nSPS) is 17.2. The fourth-order valence-corrected chi connectivity index (χ4v) is 3.16. The zero-order valence-corrected chi connectivity index (χ0v) is 13.1. The molecule has 21 heavy (non-hydrogen) atoms. The lowest BCUT2D eigenvalue weighted by Crippen LogP contribution is -2.25. The van der Waals surface area contributed by atoms with Crippen LogP contribution in [0.15, 0.2) is 36.4 Å². The van der Waals surface area contributed by atoms with Gasteiger partial charge in [0.05, 0.1) is 0 Å². The molecule has 0 spiro atoms. The fourth-order valence-electron chi connectivity index (χ4n) is 2.77. The maximum atomic E-state index is 6.34. The van der Waals surface area contributed by atoms with Gasteiger partial charge in [-0.15, -0.1) is 0 Å². The SMILES string of the molecule is NCC[C@H]1CCc2cccc(-c3cc(Cl)ccc3Cl)c2O1. The minimum Gasteiger partial charge on any atom is -0.489 e. The Kier molecular flexibility index (Phi) is 4.39. The predicted molar refractivity (Wildman–Crippen MR) is 88.3 cm³/mol. The number of rotatable bonds is 3. The van der Waals surface area contributed by atoms with Crippen molar-refractivity contribution in [1.29, 1.82) is 0 Å². The lowest BCUT2D eigenvalue weighted by Gasteiger charge is -2.28. The number of hydrogen-bond acceptors (Lipinski definition) is 2. The van der Waals surface area contributed by atoms with Crippen LogP contribution in [0.5, 0.6) is 5.75 Å². The molecular weight excluding hydrogens is 305 g/mol. The van der Waals surface area contributed by atoms with Gasteiger partial charge in [-0.1, -0.05) is 41.4 Å². The smallest absolute Gasteiger partial charge is 0.130 e. The van der Waals surface area contributed by atoms with Crippen molar-refractivity contribution in [3.63, 3.8) is 0 Å². The van der Waals surface area contributed by atoms with E-state index in [4.69, 9.17) is 33.7 Å². The zero-order valence-electron chi connectivity index (χ0n) is 11.6. The summed E-state index contributed by atoms with van der Waals surface area (Å²) in [7, 11) is 0.